The third-order valence-corrected chi connectivity index (χ3v) is 6.25. The molecule has 0 radical (unpaired) electrons. The van der Waals surface area contributed by atoms with Crippen LogP contribution < -0.4 is 0 Å². The van der Waals surface area contributed by atoms with Crippen molar-refractivity contribution < 1.29 is 4.74 Å². The summed E-state index contributed by atoms with van der Waals surface area (Å²) in [6.07, 6.45) is 6.25. The van der Waals surface area contributed by atoms with Crippen LogP contribution in [0, 0.1) is 23.7 Å². The summed E-state index contributed by atoms with van der Waals surface area (Å²) < 4.78 is 6.62. The van der Waals surface area contributed by atoms with Crippen LogP contribution in [0.15, 0.2) is 0 Å². The highest BCUT2D eigenvalue weighted by molar-refractivity contribution is 5.03. The minimum Gasteiger partial charge on any atom is -0.359 e. The van der Waals surface area contributed by atoms with Crippen LogP contribution >= 0.6 is 0 Å². The molecule has 2 heteroatoms. The molecule has 110 valence electrons. The van der Waals surface area contributed by atoms with E-state index in [4.69, 9.17) is 4.74 Å². The van der Waals surface area contributed by atoms with Crippen LogP contribution in [-0.4, -0.2) is 29.3 Å². The second kappa shape index (κ2) is 4.73. The zero-order valence-electron chi connectivity index (χ0n) is 13.4. The van der Waals surface area contributed by atoms with Gasteiger partial charge in [0, 0.05) is 23.9 Å². The number of rotatable bonds is 1. The lowest BCUT2D eigenvalue weighted by atomic mass is 9.70. The number of ether oxygens (including phenoxy) is 1. The van der Waals surface area contributed by atoms with Gasteiger partial charge in [0.15, 0.2) is 0 Å². The van der Waals surface area contributed by atoms with E-state index in [1.807, 2.05) is 0 Å². The molecule has 0 N–H and O–H groups in total. The first kappa shape index (κ1) is 13.9. The molecule has 0 amide bonds. The fourth-order valence-corrected chi connectivity index (χ4v) is 4.92. The van der Waals surface area contributed by atoms with Crippen molar-refractivity contribution in [2.45, 2.75) is 78.2 Å². The molecule has 5 atom stereocenters. The van der Waals surface area contributed by atoms with Crippen LogP contribution in [0.4, 0.5) is 0 Å². The van der Waals surface area contributed by atoms with Crippen molar-refractivity contribution in [1.29, 1.82) is 0 Å². The lowest BCUT2D eigenvalue weighted by molar-refractivity contribution is -0.231. The molecule has 3 rings (SSSR count). The Morgan fingerprint density at radius 3 is 2.58 bits per heavy atom. The van der Waals surface area contributed by atoms with Crippen molar-refractivity contribution in [2.75, 3.05) is 6.54 Å². The number of fused-ring (bicyclic) bond motifs is 2. The Morgan fingerprint density at radius 2 is 1.89 bits per heavy atom. The van der Waals surface area contributed by atoms with Gasteiger partial charge >= 0.3 is 0 Å². The monoisotopic (exact) mass is 265 g/mol. The Hall–Kier alpha value is -0.0800. The average molecular weight is 265 g/mol. The highest BCUT2D eigenvalue weighted by Crippen LogP contribution is 2.49. The first-order valence-electron chi connectivity index (χ1n) is 8.33. The molecule has 0 aromatic carbocycles. The third kappa shape index (κ3) is 2.15. The molecular weight excluding hydrogens is 234 g/mol. The van der Waals surface area contributed by atoms with E-state index in [-0.39, 0.29) is 0 Å². The molecule has 0 aromatic heterocycles. The Balaban J connectivity index is 1.85. The van der Waals surface area contributed by atoms with Crippen molar-refractivity contribution in [3.05, 3.63) is 0 Å². The Morgan fingerprint density at radius 1 is 1.16 bits per heavy atom. The van der Waals surface area contributed by atoms with Gasteiger partial charge in [-0.2, -0.15) is 0 Å². The fourth-order valence-electron chi connectivity index (χ4n) is 4.92. The minimum atomic E-state index is 0.331. The molecular formula is C17H31NO. The fraction of sp³-hybridized carbons (Fsp3) is 1.00. The van der Waals surface area contributed by atoms with Crippen molar-refractivity contribution >= 4 is 0 Å². The van der Waals surface area contributed by atoms with E-state index >= 15 is 0 Å². The summed E-state index contributed by atoms with van der Waals surface area (Å²) in [5.74, 6) is 3.06. The second-order valence-corrected chi connectivity index (χ2v) is 8.13. The lowest BCUT2D eigenvalue weighted by Crippen LogP contribution is -2.63. The first-order valence-corrected chi connectivity index (χ1v) is 8.33. The van der Waals surface area contributed by atoms with Gasteiger partial charge in [0.25, 0.3) is 0 Å². The molecule has 3 aliphatic rings. The molecule has 3 fully saturated rings. The van der Waals surface area contributed by atoms with Crippen LogP contribution in [-0.2, 0) is 4.74 Å². The summed E-state index contributed by atoms with van der Waals surface area (Å²) in [5.41, 5.74) is 0.331. The molecule has 0 unspecified atom stereocenters. The summed E-state index contributed by atoms with van der Waals surface area (Å²) in [6, 6.07) is 0. The lowest BCUT2D eigenvalue weighted by Gasteiger charge is -2.56. The van der Waals surface area contributed by atoms with Crippen molar-refractivity contribution in [3.8, 4) is 0 Å². The van der Waals surface area contributed by atoms with Gasteiger partial charge in [-0.25, -0.2) is 0 Å². The maximum Gasteiger partial charge on any atom is 0.114 e. The molecule has 1 saturated carbocycles. The van der Waals surface area contributed by atoms with Gasteiger partial charge in [0.2, 0.25) is 0 Å². The summed E-state index contributed by atoms with van der Waals surface area (Å²) in [6.45, 7) is 13.3. The number of hydrogen-bond donors (Lipinski definition) is 0. The summed E-state index contributed by atoms with van der Waals surface area (Å²) in [7, 11) is 0. The van der Waals surface area contributed by atoms with Crippen LogP contribution in [0.3, 0.4) is 0 Å². The minimum absolute atomic E-state index is 0.331. The summed E-state index contributed by atoms with van der Waals surface area (Å²) >= 11 is 0. The second-order valence-electron chi connectivity index (χ2n) is 8.13. The number of hydrogen-bond acceptors (Lipinski definition) is 2. The van der Waals surface area contributed by atoms with E-state index in [0.717, 1.165) is 23.7 Å². The van der Waals surface area contributed by atoms with Gasteiger partial charge in [-0.15, -0.1) is 0 Å². The topological polar surface area (TPSA) is 12.5 Å². The highest BCUT2D eigenvalue weighted by Gasteiger charge is 2.54. The van der Waals surface area contributed by atoms with E-state index in [0.29, 0.717) is 17.9 Å². The summed E-state index contributed by atoms with van der Waals surface area (Å²) in [5, 5.41) is 0. The predicted octanol–water partition coefficient (Wildman–Crippen LogP) is 3.90. The van der Waals surface area contributed by atoms with Crippen molar-refractivity contribution in [2.24, 2.45) is 23.7 Å². The Bertz CT molecular complexity index is 338. The van der Waals surface area contributed by atoms with Crippen molar-refractivity contribution in [3.63, 3.8) is 0 Å². The molecule has 0 bridgehead atoms. The SMILES string of the molecule is CC(C)[C@@H]1CCN2[C@H]1O[C@@H]1C[C@H](C)CC[C@H]1C2(C)C. The average Bonchev–Trinajstić information content (AvgIpc) is 2.73. The first-order chi connectivity index (χ1) is 8.91. The smallest absolute Gasteiger partial charge is 0.114 e. The molecule has 2 saturated heterocycles. The standard InChI is InChI=1S/C17H31NO/c1-11(2)13-8-9-18-16(13)19-15-10-12(3)6-7-14(15)17(18,4)5/h11-16H,6-10H2,1-5H3/t12-,13+,14-,15-,16+/m1/s1. The largest absolute Gasteiger partial charge is 0.359 e. The van der Waals surface area contributed by atoms with Gasteiger partial charge in [0.05, 0.1) is 6.10 Å². The van der Waals surface area contributed by atoms with E-state index in [1.54, 1.807) is 0 Å². The zero-order valence-corrected chi connectivity index (χ0v) is 13.4. The maximum absolute atomic E-state index is 6.62. The zero-order chi connectivity index (χ0) is 13.8. The van der Waals surface area contributed by atoms with Gasteiger partial charge in [-0.1, -0.05) is 27.2 Å². The van der Waals surface area contributed by atoms with E-state index in [1.165, 1.54) is 32.2 Å². The predicted molar refractivity (Wildman–Crippen MR) is 78.9 cm³/mol. The van der Waals surface area contributed by atoms with E-state index < -0.39 is 0 Å². The van der Waals surface area contributed by atoms with Crippen LogP contribution in [0.5, 0.6) is 0 Å². The van der Waals surface area contributed by atoms with E-state index in [2.05, 4.69) is 39.5 Å². The van der Waals surface area contributed by atoms with Gasteiger partial charge in [-0.05, 0) is 44.9 Å². The van der Waals surface area contributed by atoms with Crippen LogP contribution in [0.2, 0.25) is 0 Å². The van der Waals surface area contributed by atoms with Crippen LogP contribution in [0.25, 0.3) is 0 Å². The van der Waals surface area contributed by atoms with Gasteiger partial charge in [-0.3, -0.25) is 4.90 Å². The highest BCUT2D eigenvalue weighted by atomic mass is 16.5. The quantitative estimate of drug-likeness (QED) is 0.713. The third-order valence-electron chi connectivity index (χ3n) is 6.25. The Labute approximate surface area is 118 Å². The molecule has 2 heterocycles. The number of nitrogens with zero attached hydrogens (tertiary/aromatic N) is 1. The van der Waals surface area contributed by atoms with Gasteiger partial charge in [0.1, 0.15) is 6.23 Å². The van der Waals surface area contributed by atoms with Crippen molar-refractivity contribution in [1.82, 2.24) is 4.90 Å². The van der Waals surface area contributed by atoms with E-state index in [9.17, 15) is 0 Å². The molecule has 0 aromatic rings. The molecule has 2 aliphatic heterocycles. The van der Waals surface area contributed by atoms with Crippen LogP contribution in [0.1, 0.15) is 60.3 Å². The Kier molecular flexibility index (Phi) is 3.46. The van der Waals surface area contributed by atoms with Gasteiger partial charge < -0.3 is 4.74 Å². The normalized spacial score (nSPS) is 46.1. The molecule has 2 nitrogen and oxygen atoms in total. The summed E-state index contributed by atoms with van der Waals surface area (Å²) in [4.78, 5) is 2.69. The molecule has 19 heavy (non-hydrogen) atoms. The maximum atomic E-state index is 6.62. The molecule has 0 spiro atoms. The molecule has 1 aliphatic carbocycles.